The normalized spacial score (nSPS) is 12.8. The molecule has 0 spiro atoms. The van der Waals surface area contributed by atoms with Crippen LogP contribution in [0.5, 0.6) is 0 Å². The SMILES string of the molecule is CC.COCOC(c1cccc(C)c1)C(C)OC(N)=O. The molecule has 0 radical (unpaired) electrons. The van der Waals surface area contributed by atoms with Gasteiger partial charge in [0.25, 0.3) is 0 Å². The maximum absolute atomic E-state index is 10.8. The van der Waals surface area contributed by atoms with E-state index in [1.165, 1.54) is 7.11 Å². The van der Waals surface area contributed by atoms with Gasteiger partial charge in [0.2, 0.25) is 0 Å². The third-order valence-electron chi connectivity index (χ3n) is 2.46. The van der Waals surface area contributed by atoms with Crippen LogP contribution in [0.2, 0.25) is 0 Å². The van der Waals surface area contributed by atoms with E-state index in [1.54, 1.807) is 6.92 Å². The third kappa shape index (κ3) is 6.54. The Morgan fingerprint density at radius 2 is 2.00 bits per heavy atom. The van der Waals surface area contributed by atoms with Gasteiger partial charge in [-0.1, -0.05) is 43.7 Å². The fourth-order valence-electron chi connectivity index (χ4n) is 1.74. The number of carbonyl (C=O) groups excluding carboxylic acids is 1. The van der Waals surface area contributed by atoms with Crippen LogP contribution in [0.4, 0.5) is 4.79 Å². The molecule has 5 heteroatoms. The van der Waals surface area contributed by atoms with Crippen LogP contribution in [0.15, 0.2) is 24.3 Å². The molecule has 0 aliphatic rings. The van der Waals surface area contributed by atoms with Crippen LogP contribution in [0, 0.1) is 6.92 Å². The fraction of sp³-hybridized carbons (Fsp3) is 0.533. The number of hydrogen-bond acceptors (Lipinski definition) is 4. The minimum absolute atomic E-state index is 0.116. The summed E-state index contributed by atoms with van der Waals surface area (Å²) in [5.41, 5.74) is 7.04. The lowest BCUT2D eigenvalue weighted by Crippen LogP contribution is -2.28. The zero-order valence-electron chi connectivity index (χ0n) is 12.9. The molecule has 0 aliphatic carbocycles. The number of primary amides is 1. The minimum Gasteiger partial charge on any atom is -0.444 e. The summed E-state index contributed by atoms with van der Waals surface area (Å²) < 4.78 is 15.4. The first-order valence-electron chi connectivity index (χ1n) is 6.67. The molecule has 1 amide bonds. The Hall–Kier alpha value is -1.59. The Morgan fingerprint density at radius 3 is 2.50 bits per heavy atom. The van der Waals surface area contributed by atoms with E-state index in [9.17, 15) is 4.79 Å². The minimum atomic E-state index is -0.818. The van der Waals surface area contributed by atoms with Crippen LogP contribution in [-0.2, 0) is 14.2 Å². The largest absolute Gasteiger partial charge is 0.444 e. The molecule has 0 aliphatic heterocycles. The Balaban J connectivity index is 0.00000172. The standard InChI is InChI=1S/C13H19NO4.C2H6/c1-9-5-4-6-11(7-9)12(17-8-16-3)10(2)18-13(14)15;1-2/h4-7,10,12H,8H2,1-3H3,(H2,14,15);1-2H3. The van der Waals surface area contributed by atoms with E-state index >= 15 is 0 Å². The van der Waals surface area contributed by atoms with Gasteiger partial charge in [0, 0.05) is 7.11 Å². The van der Waals surface area contributed by atoms with Crippen molar-refractivity contribution < 1.29 is 19.0 Å². The molecular formula is C15H25NO4. The molecule has 1 aromatic rings. The smallest absolute Gasteiger partial charge is 0.404 e. The molecular weight excluding hydrogens is 258 g/mol. The first-order chi connectivity index (χ1) is 9.54. The lowest BCUT2D eigenvalue weighted by atomic mass is 10.0. The second kappa shape index (κ2) is 10.2. The number of nitrogens with two attached hydrogens (primary N) is 1. The number of ether oxygens (including phenoxy) is 3. The summed E-state index contributed by atoms with van der Waals surface area (Å²) in [6, 6.07) is 7.79. The monoisotopic (exact) mass is 283 g/mol. The lowest BCUT2D eigenvalue weighted by molar-refractivity contribution is -0.111. The van der Waals surface area contributed by atoms with Crippen molar-refractivity contribution in [2.75, 3.05) is 13.9 Å². The molecule has 2 unspecified atom stereocenters. The van der Waals surface area contributed by atoms with E-state index in [0.29, 0.717) is 0 Å². The molecule has 1 rings (SSSR count). The summed E-state index contributed by atoms with van der Waals surface area (Å²) in [5.74, 6) is 0. The van der Waals surface area contributed by atoms with Crippen molar-refractivity contribution in [3.8, 4) is 0 Å². The number of hydrogen-bond donors (Lipinski definition) is 1. The molecule has 0 aromatic heterocycles. The molecule has 0 fully saturated rings. The van der Waals surface area contributed by atoms with E-state index in [4.69, 9.17) is 19.9 Å². The van der Waals surface area contributed by atoms with Crippen LogP contribution in [-0.4, -0.2) is 26.1 Å². The van der Waals surface area contributed by atoms with E-state index < -0.39 is 18.3 Å². The lowest BCUT2D eigenvalue weighted by Gasteiger charge is -2.24. The number of carbonyl (C=O) groups is 1. The molecule has 2 atom stereocenters. The second-order valence-electron chi connectivity index (χ2n) is 4.05. The van der Waals surface area contributed by atoms with E-state index in [0.717, 1.165) is 11.1 Å². The summed E-state index contributed by atoms with van der Waals surface area (Å²) in [5, 5.41) is 0. The molecule has 0 heterocycles. The first-order valence-corrected chi connectivity index (χ1v) is 6.67. The number of benzene rings is 1. The Kier molecular flexibility index (Phi) is 9.41. The average molecular weight is 283 g/mol. The van der Waals surface area contributed by atoms with Crippen molar-refractivity contribution in [3.63, 3.8) is 0 Å². The molecule has 0 bridgehead atoms. The number of amides is 1. The van der Waals surface area contributed by atoms with Crippen molar-refractivity contribution in [1.29, 1.82) is 0 Å². The Labute approximate surface area is 121 Å². The van der Waals surface area contributed by atoms with E-state index in [1.807, 2.05) is 45.0 Å². The van der Waals surface area contributed by atoms with Gasteiger partial charge in [-0.2, -0.15) is 0 Å². The van der Waals surface area contributed by atoms with Crippen molar-refractivity contribution >= 4 is 6.09 Å². The highest BCUT2D eigenvalue weighted by atomic mass is 16.7. The van der Waals surface area contributed by atoms with E-state index in [2.05, 4.69) is 0 Å². The highest BCUT2D eigenvalue weighted by Crippen LogP contribution is 2.24. The summed E-state index contributed by atoms with van der Waals surface area (Å²) in [6.45, 7) is 7.83. The topological polar surface area (TPSA) is 70.8 Å². The number of methoxy groups -OCH3 is 1. The molecule has 5 nitrogen and oxygen atoms in total. The quantitative estimate of drug-likeness (QED) is 0.814. The molecule has 2 N–H and O–H groups in total. The van der Waals surface area contributed by atoms with Crippen LogP contribution >= 0.6 is 0 Å². The first kappa shape index (κ1) is 18.4. The summed E-state index contributed by atoms with van der Waals surface area (Å²) in [6.07, 6.45) is -1.71. The molecule has 0 saturated heterocycles. The van der Waals surface area contributed by atoms with Gasteiger partial charge < -0.3 is 19.9 Å². The predicted octanol–water partition coefficient (Wildman–Crippen LogP) is 3.17. The van der Waals surface area contributed by atoms with Gasteiger partial charge in [0.05, 0.1) is 0 Å². The highest BCUT2D eigenvalue weighted by molar-refractivity contribution is 5.64. The number of aryl methyl sites for hydroxylation is 1. The summed E-state index contributed by atoms with van der Waals surface area (Å²) in [4.78, 5) is 10.8. The zero-order valence-corrected chi connectivity index (χ0v) is 12.9. The molecule has 114 valence electrons. The van der Waals surface area contributed by atoms with Gasteiger partial charge in [0.15, 0.2) is 0 Å². The third-order valence-corrected chi connectivity index (χ3v) is 2.46. The molecule has 1 aromatic carbocycles. The van der Waals surface area contributed by atoms with Crippen LogP contribution in [0.3, 0.4) is 0 Å². The molecule has 20 heavy (non-hydrogen) atoms. The average Bonchev–Trinajstić information content (AvgIpc) is 2.41. The van der Waals surface area contributed by atoms with Crippen LogP contribution in [0.1, 0.15) is 38.0 Å². The van der Waals surface area contributed by atoms with Gasteiger partial charge in [-0.15, -0.1) is 0 Å². The van der Waals surface area contributed by atoms with Gasteiger partial charge >= 0.3 is 6.09 Å². The van der Waals surface area contributed by atoms with Crippen LogP contribution in [0.25, 0.3) is 0 Å². The van der Waals surface area contributed by atoms with Crippen molar-refractivity contribution in [3.05, 3.63) is 35.4 Å². The Bertz CT molecular complexity index is 395. The number of rotatable bonds is 6. The van der Waals surface area contributed by atoms with Crippen molar-refractivity contribution in [2.24, 2.45) is 5.73 Å². The van der Waals surface area contributed by atoms with Crippen molar-refractivity contribution in [2.45, 2.75) is 39.9 Å². The van der Waals surface area contributed by atoms with Gasteiger partial charge in [-0.3, -0.25) is 0 Å². The Morgan fingerprint density at radius 1 is 1.35 bits per heavy atom. The maximum atomic E-state index is 10.8. The molecule has 0 saturated carbocycles. The zero-order chi connectivity index (χ0) is 15.5. The van der Waals surface area contributed by atoms with Crippen LogP contribution < -0.4 is 5.73 Å². The van der Waals surface area contributed by atoms with Crippen molar-refractivity contribution in [1.82, 2.24) is 0 Å². The fourth-order valence-corrected chi connectivity index (χ4v) is 1.74. The van der Waals surface area contributed by atoms with Gasteiger partial charge in [-0.25, -0.2) is 4.79 Å². The van der Waals surface area contributed by atoms with Gasteiger partial charge in [-0.05, 0) is 19.4 Å². The summed E-state index contributed by atoms with van der Waals surface area (Å²) >= 11 is 0. The summed E-state index contributed by atoms with van der Waals surface area (Å²) in [7, 11) is 1.53. The predicted molar refractivity (Wildman–Crippen MR) is 78.4 cm³/mol. The van der Waals surface area contributed by atoms with Gasteiger partial charge in [0.1, 0.15) is 19.0 Å². The maximum Gasteiger partial charge on any atom is 0.404 e. The van der Waals surface area contributed by atoms with E-state index in [-0.39, 0.29) is 6.79 Å². The highest BCUT2D eigenvalue weighted by Gasteiger charge is 2.23. The second-order valence-corrected chi connectivity index (χ2v) is 4.05.